The number of carbonyl (C=O) groups excluding carboxylic acids is 2. The van der Waals surface area contributed by atoms with Crippen LogP contribution in [0.5, 0.6) is 11.6 Å². The van der Waals surface area contributed by atoms with Gasteiger partial charge >= 0.3 is 0 Å². The lowest BCUT2D eigenvalue weighted by molar-refractivity contribution is -0.119. The van der Waals surface area contributed by atoms with Crippen molar-refractivity contribution in [2.24, 2.45) is 11.7 Å². The van der Waals surface area contributed by atoms with Crippen molar-refractivity contribution in [3.8, 4) is 11.6 Å². The van der Waals surface area contributed by atoms with Crippen LogP contribution in [0.1, 0.15) is 36.0 Å². The SMILES string of the molecule is NC(=O)c1cc2ccnc(OCC3CCC(=O)N3)c2cc1OCC1CC1. The minimum Gasteiger partial charge on any atom is -0.492 e. The summed E-state index contributed by atoms with van der Waals surface area (Å²) in [7, 11) is 0. The Morgan fingerprint density at radius 2 is 2.08 bits per heavy atom. The first-order valence-electron chi connectivity index (χ1n) is 8.87. The monoisotopic (exact) mass is 355 g/mol. The molecule has 2 heterocycles. The van der Waals surface area contributed by atoms with Crippen molar-refractivity contribution in [1.82, 2.24) is 10.3 Å². The number of nitrogens with two attached hydrogens (primary N) is 1. The molecule has 7 nitrogen and oxygen atoms in total. The quantitative estimate of drug-likeness (QED) is 0.788. The van der Waals surface area contributed by atoms with Gasteiger partial charge in [0.1, 0.15) is 12.4 Å². The zero-order valence-electron chi connectivity index (χ0n) is 14.4. The van der Waals surface area contributed by atoms with Crippen molar-refractivity contribution >= 4 is 22.6 Å². The molecule has 0 bridgehead atoms. The summed E-state index contributed by atoms with van der Waals surface area (Å²) in [5, 5.41) is 4.43. The molecule has 1 unspecified atom stereocenters. The predicted octanol–water partition coefficient (Wildman–Crippen LogP) is 1.78. The molecule has 7 heteroatoms. The van der Waals surface area contributed by atoms with E-state index in [0.717, 1.165) is 30.0 Å². The highest BCUT2D eigenvalue weighted by Crippen LogP contribution is 2.34. The second-order valence-corrected chi connectivity index (χ2v) is 6.92. The molecule has 3 N–H and O–H groups in total. The Morgan fingerprint density at radius 1 is 1.23 bits per heavy atom. The number of rotatable bonds is 7. The molecule has 2 aromatic rings. The number of nitrogens with one attached hydrogen (secondary N) is 1. The second kappa shape index (κ2) is 6.82. The van der Waals surface area contributed by atoms with Gasteiger partial charge in [0.05, 0.1) is 18.2 Å². The molecule has 1 aromatic heterocycles. The molecule has 26 heavy (non-hydrogen) atoms. The minimum absolute atomic E-state index is 0.00460. The molecule has 2 fully saturated rings. The van der Waals surface area contributed by atoms with E-state index in [2.05, 4.69) is 10.3 Å². The lowest BCUT2D eigenvalue weighted by Crippen LogP contribution is -2.31. The van der Waals surface area contributed by atoms with Crippen LogP contribution in [-0.2, 0) is 4.79 Å². The van der Waals surface area contributed by atoms with Gasteiger partial charge in [-0.15, -0.1) is 0 Å². The normalized spacial score (nSPS) is 19.4. The van der Waals surface area contributed by atoms with Gasteiger partial charge in [0.15, 0.2) is 0 Å². The number of carbonyl (C=O) groups is 2. The summed E-state index contributed by atoms with van der Waals surface area (Å²) in [5.74, 6) is 0.999. The summed E-state index contributed by atoms with van der Waals surface area (Å²) in [6.45, 7) is 0.935. The number of ether oxygens (including phenoxy) is 2. The van der Waals surface area contributed by atoms with Gasteiger partial charge in [-0.2, -0.15) is 0 Å². The molecule has 0 radical (unpaired) electrons. The van der Waals surface area contributed by atoms with Crippen LogP contribution in [0.2, 0.25) is 0 Å². The summed E-state index contributed by atoms with van der Waals surface area (Å²) < 4.78 is 11.7. The van der Waals surface area contributed by atoms with Gasteiger partial charge in [0.25, 0.3) is 5.91 Å². The maximum absolute atomic E-state index is 11.8. The Morgan fingerprint density at radius 3 is 2.77 bits per heavy atom. The number of primary amides is 1. The van der Waals surface area contributed by atoms with Gasteiger partial charge < -0.3 is 20.5 Å². The number of nitrogens with zero attached hydrogens (tertiary/aromatic N) is 1. The van der Waals surface area contributed by atoms with Crippen molar-refractivity contribution in [3.63, 3.8) is 0 Å². The van der Waals surface area contributed by atoms with E-state index < -0.39 is 5.91 Å². The van der Waals surface area contributed by atoms with Gasteiger partial charge in [-0.3, -0.25) is 9.59 Å². The largest absolute Gasteiger partial charge is 0.492 e. The van der Waals surface area contributed by atoms with Crippen molar-refractivity contribution in [3.05, 3.63) is 30.0 Å². The number of benzene rings is 1. The Bertz CT molecular complexity index is 863. The van der Waals surface area contributed by atoms with Gasteiger partial charge in [-0.1, -0.05) is 0 Å². The molecule has 1 aliphatic carbocycles. The minimum atomic E-state index is -0.523. The van der Waals surface area contributed by atoms with Crippen LogP contribution in [0.15, 0.2) is 24.4 Å². The number of aromatic nitrogens is 1. The lowest BCUT2D eigenvalue weighted by atomic mass is 10.1. The maximum Gasteiger partial charge on any atom is 0.252 e. The fourth-order valence-electron chi connectivity index (χ4n) is 3.08. The molecular formula is C19H21N3O4. The van der Waals surface area contributed by atoms with Crippen LogP contribution < -0.4 is 20.5 Å². The Kier molecular flexibility index (Phi) is 4.36. The molecule has 2 aliphatic rings. The lowest BCUT2D eigenvalue weighted by Gasteiger charge is -2.15. The number of hydrogen-bond acceptors (Lipinski definition) is 5. The first-order chi connectivity index (χ1) is 12.6. The van der Waals surface area contributed by atoms with Gasteiger partial charge in [-0.05, 0) is 48.8 Å². The number of fused-ring (bicyclic) bond motifs is 1. The van der Waals surface area contributed by atoms with Crippen molar-refractivity contribution in [1.29, 1.82) is 0 Å². The highest BCUT2D eigenvalue weighted by Gasteiger charge is 2.24. The molecular weight excluding hydrogens is 334 g/mol. The average molecular weight is 355 g/mol. The summed E-state index contributed by atoms with van der Waals surface area (Å²) in [6.07, 6.45) is 5.22. The second-order valence-electron chi connectivity index (χ2n) is 6.92. The van der Waals surface area contributed by atoms with E-state index >= 15 is 0 Å². The first kappa shape index (κ1) is 16.6. The molecule has 2 amide bonds. The van der Waals surface area contributed by atoms with Crippen LogP contribution >= 0.6 is 0 Å². The van der Waals surface area contributed by atoms with E-state index in [4.69, 9.17) is 15.2 Å². The van der Waals surface area contributed by atoms with Gasteiger partial charge in [-0.25, -0.2) is 4.98 Å². The number of amides is 2. The summed E-state index contributed by atoms with van der Waals surface area (Å²) in [5.41, 5.74) is 5.87. The van der Waals surface area contributed by atoms with Crippen LogP contribution in [-0.4, -0.2) is 36.1 Å². The average Bonchev–Trinajstić information content (AvgIpc) is 3.37. The first-order valence-corrected chi connectivity index (χ1v) is 8.87. The van der Waals surface area contributed by atoms with E-state index in [9.17, 15) is 9.59 Å². The fraction of sp³-hybridized carbons (Fsp3) is 0.421. The highest BCUT2D eigenvalue weighted by atomic mass is 16.5. The van der Waals surface area contributed by atoms with E-state index in [0.29, 0.717) is 42.7 Å². The maximum atomic E-state index is 11.8. The third-order valence-electron chi connectivity index (χ3n) is 4.77. The van der Waals surface area contributed by atoms with Crippen LogP contribution in [0.25, 0.3) is 10.8 Å². The third kappa shape index (κ3) is 3.56. The molecule has 1 aromatic carbocycles. The number of hydrogen-bond donors (Lipinski definition) is 2. The number of pyridine rings is 1. The van der Waals surface area contributed by atoms with Crippen LogP contribution in [0.3, 0.4) is 0 Å². The van der Waals surface area contributed by atoms with E-state index in [1.807, 2.05) is 0 Å². The zero-order valence-corrected chi connectivity index (χ0v) is 14.4. The highest BCUT2D eigenvalue weighted by molar-refractivity contribution is 6.01. The van der Waals surface area contributed by atoms with Crippen molar-refractivity contribution < 1.29 is 19.1 Å². The molecule has 4 rings (SSSR count). The standard InChI is InChI=1S/C19H21N3O4/c20-18(24)15-7-12-5-6-21-19(26-10-13-3-4-17(23)22-13)14(12)8-16(15)25-9-11-1-2-11/h5-8,11,13H,1-4,9-10H2,(H2,20,24)(H,22,23). The molecule has 136 valence electrons. The predicted molar refractivity (Wildman–Crippen MR) is 95.1 cm³/mol. The third-order valence-corrected chi connectivity index (χ3v) is 4.77. The Balaban J connectivity index is 1.61. The van der Waals surface area contributed by atoms with Crippen molar-refractivity contribution in [2.45, 2.75) is 31.7 Å². The zero-order chi connectivity index (χ0) is 18.1. The molecule has 0 spiro atoms. The van der Waals surface area contributed by atoms with Gasteiger partial charge in [0.2, 0.25) is 11.8 Å². The summed E-state index contributed by atoms with van der Waals surface area (Å²) in [6, 6.07) is 5.28. The Hall–Kier alpha value is -2.83. The summed E-state index contributed by atoms with van der Waals surface area (Å²) in [4.78, 5) is 27.4. The molecule has 1 saturated heterocycles. The topological polar surface area (TPSA) is 104 Å². The van der Waals surface area contributed by atoms with E-state index in [1.54, 1.807) is 24.4 Å². The molecule has 1 atom stereocenters. The van der Waals surface area contributed by atoms with Gasteiger partial charge in [0, 0.05) is 18.0 Å². The van der Waals surface area contributed by atoms with Crippen molar-refractivity contribution in [2.75, 3.05) is 13.2 Å². The van der Waals surface area contributed by atoms with E-state index in [1.165, 1.54) is 0 Å². The molecule has 1 saturated carbocycles. The molecule has 1 aliphatic heterocycles. The smallest absolute Gasteiger partial charge is 0.252 e. The Labute approximate surface area is 150 Å². The summed E-state index contributed by atoms with van der Waals surface area (Å²) >= 11 is 0. The van der Waals surface area contributed by atoms with Crippen LogP contribution in [0.4, 0.5) is 0 Å². The van der Waals surface area contributed by atoms with E-state index in [-0.39, 0.29) is 11.9 Å². The fourth-order valence-corrected chi connectivity index (χ4v) is 3.08. The van der Waals surface area contributed by atoms with Crippen LogP contribution in [0, 0.1) is 5.92 Å².